The smallest absolute Gasteiger partial charge is 0.339 e. The molecule has 8 nitrogen and oxygen atoms in total. The lowest BCUT2D eigenvalue weighted by Crippen LogP contribution is -2.11. The molecule has 0 aromatic heterocycles. The van der Waals surface area contributed by atoms with Crippen LogP contribution in [0, 0.1) is 26.1 Å². The molecule has 0 aliphatic carbocycles. The van der Waals surface area contributed by atoms with Gasteiger partial charge in [0.1, 0.15) is 5.56 Å². The third kappa shape index (κ3) is 3.97. The maximum Gasteiger partial charge on any atom is 0.339 e. The first-order valence-corrected chi connectivity index (χ1v) is 7.99. The van der Waals surface area contributed by atoms with Crippen molar-refractivity contribution in [2.75, 3.05) is 6.61 Å². The van der Waals surface area contributed by atoms with Gasteiger partial charge in [0.25, 0.3) is 11.4 Å². The highest BCUT2D eigenvalue weighted by Crippen LogP contribution is 2.42. The summed E-state index contributed by atoms with van der Waals surface area (Å²) < 4.78 is 5.13. The quantitative estimate of drug-likeness (QED) is 0.411. The number of rotatable bonds is 6. The molecule has 2 aromatic rings. The van der Waals surface area contributed by atoms with E-state index in [1.807, 2.05) is 13.8 Å². The lowest BCUT2D eigenvalue weighted by atomic mass is 9.99. The van der Waals surface area contributed by atoms with E-state index in [4.69, 9.17) is 16.3 Å². The first-order chi connectivity index (χ1) is 12.2. The number of nitrogens with zero attached hydrogens (tertiary/aromatic N) is 2. The molecule has 0 spiro atoms. The number of benzene rings is 2. The van der Waals surface area contributed by atoms with Crippen LogP contribution in [0.25, 0.3) is 11.1 Å². The molecule has 0 atom stereocenters. The topological polar surface area (TPSA) is 113 Å². The van der Waals surface area contributed by atoms with Crippen LogP contribution in [0.1, 0.15) is 24.2 Å². The molecular weight excluding hydrogens is 364 g/mol. The molecule has 0 saturated carbocycles. The van der Waals surface area contributed by atoms with Crippen LogP contribution in [0.4, 0.5) is 11.4 Å². The van der Waals surface area contributed by atoms with E-state index in [1.54, 1.807) is 0 Å². The normalized spacial score (nSPS) is 10.6. The third-order valence-electron chi connectivity index (χ3n) is 3.45. The van der Waals surface area contributed by atoms with Crippen LogP contribution in [-0.4, -0.2) is 22.4 Å². The van der Waals surface area contributed by atoms with E-state index in [9.17, 15) is 25.0 Å². The van der Waals surface area contributed by atoms with Gasteiger partial charge in [-0.2, -0.15) is 0 Å². The number of nitro groups is 2. The summed E-state index contributed by atoms with van der Waals surface area (Å²) in [4.78, 5) is 33.4. The van der Waals surface area contributed by atoms with E-state index < -0.39 is 27.2 Å². The van der Waals surface area contributed by atoms with E-state index in [0.29, 0.717) is 0 Å². The molecular formula is C17H15ClN2O6. The molecule has 0 radical (unpaired) electrons. The zero-order valence-corrected chi connectivity index (χ0v) is 14.7. The van der Waals surface area contributed by atoms with Gasteiger partial charge >= 0.3 is 5.97 Å². The van der Waals surface area contributed by atoms with Crippen molar-refractivity contribution in [3.63, 3.8) is 0 Å². The fraction of sp³-hybridized carbons (Fsp3) is 0.235. The van der Waals surface area contributed by atoms with Gasteiger partial charge in [0, 0.05) is 17.7 Å². The van der Waals surface area contributed by atoms with Crippen LogP contribution >= 0.6 is 11.6 Å². The lowest BCUT2D eigenvalue weighted by molar-refractivity contribution is -0.392. The van der Waals surface area contributed by atoms with Crippen molar-refractivity contribution >= 4 is 28.9 Å². The highest BCUT2D eigenvalue weighted by atomic mass is 35.5. The zero-order valence-electron chi connectivity index (χ0n) is 14.0. The van der Waals surface area contributed by atoms with E-state index in [-0.39, 0.29) is 34.2 Å². The number of hydrogen-bond donors (Lipinski definition) is 0. The molecule has 0 aliphatic heterocycles. The van der Waals surface area contributed by atoms with Crippen molar-refractivity contribution in [3.05, 3.63) is 67.2 Å². The van der Waals surface area contributed by atoms with Crippen LogP contribution in [0.15, 0.2) is 36.4 Å². The van der Waals surface area contributed by atoms with Gasteiger partial charge in [0.15, 0.2) is 0 Å². The molecule has 2 aromatic carbocycles. The van der Waals surface area contributed by atoms with Crippen molar-refractivity contribution < 1.29 is 19.4 Å². The maximum atomic E-state index is 12.2. The second kappa shape index (κ2) is 7.92. The fourth-order valence-electron chi connectivity index (χ4n) is 2.31. The average Bonchev–Trinajstić information content (AvgIpc) is 2.59. The van der Waals surface area contributed by atoms with Gasteiger partial charge in [0.2, 0.25) is 0 Å². The predicted octanol–water partition coefficient (Wildman–Crippen LogP) is 4.64. The van der Waals surface area contributed by atoms with Gasteiger partial charge in [-0.05, 0) is 18.1 Å². The summed E-state index contributed by atoms with van der Waals surface area (Å²) in [6.45, 7) is 3.90. The molecule has 26 heavy (non-hydrogen) atoms. The molecule has 136 valence electrons. The Morgan fingerprint density at radius 1 is 1.08 bits per heavy atom. The van der Waals surface area contributed by atoms with Crippen LogP contribution in [0.5, 0.6) is 0 Å². The molecule has 0 heterocycles. The summed E-state index contributed by atoms with van der Waals surface area (Å²) in [5.41, 5.74) is -1.21. The summed E-state index contributed by atoms with van der Waals surface area (Å²) in [6.07, 6.45) is 0. The molecule has 0 bridgehead atoms. The van der Waals surface area contributed by atoms with Crippen molar-refractivity contribution in [2.24, 2.45) is 5.92 Å². The summed E-state index contributed by atoms with van der Waals surface area (Å²) in [6, 6.07) is 7.72. The lowest BCUT2D eigenvalue weighted by Gasteiger charge is -2.11. The van der Waals surface area contributed by atoms with Crippen LogP contribution in [-0.2, 0) is 4.74 Å². The van der Waals surface area contributed by atoms with E-state index in [2.05, 4.69) is 0 Å². The zero-order chi connectivity index (χ0) is 19.4. The highest BCUT2D eigenvalue weighted by molar-refractivity contribution is 6.36. The SMILES string of the molecule is CC(C)COC(=O)c1cccc(-c2c([N+](=O)[O-])cccc2[N+](=O)[O-])c1Cl. The average molecular weight is 379 g/mol. The number of halogens is 1. The standard InChI is InChI=1S/C17H15ClN2O6/c1-10(2)9-26-17(21)12-6-3-5-11(16(12)18)15-13(19(22)23)7-4-8-14(15)20(24)25/h3-8,10H,9H2,1-2H3. The largest absolute Gasteiger partial charge is 0.462 e. The van der Waals surface area contributed by atoms with E-state index in [0.717, 1.165) is 12.1 Å². The minimum atomic E-state index is -0.734. The van der Waals surface area contributed by atoms with Crippen LogP contribution < -0.4 is 0 Å². The van der Waals surface area contributed by atoms with Gasteiger partial charge in [-0.15, -0.1) is 0 Å². The summed E-state index contributed by atoms with van der Waals surface area (Å²) in [7, 11) is 0. The second-order valence-electron chi connectivity index (χ2n) is 5.84. The van der Waals surface area contributed by atoms with Crippen molar-refractivity contribution in [1.29, 1.82) is 0 Å². The van der Waals surface area contributed by atoms with Crippen LogP contribution in [0.3, 0.4) is 0 Å². The fourth-order valence-corrected chi connectivity index (χ4v) is 2.61. The Morgan fingerprint density at radius 2 is 1.62 bits per heavy atom. The first kappa shape index (κ1) is 19.3. The number of carbonyl (C=O) groups excluding carboxylic acids is 1. The predicted molar refractivity (Wildman–Crippen MR) is 95.3 cm³/mol. The van der Waals surface area contributed by atoms with E-state index >= 15 is 0 Å². The van der Waals surface area contributed by atoms with Gasteiger partial charge in [-0.1, -0.05) is 37.6 Å². The Hall–Kier alpha value is -3.00. The highest BCUT2D eigenvalue weighted by Gasteiger charge is 2.29. The van der Waals surface area contributed by atoms with Gasteiger partial charge in [-0.3, -0.25) is 20.2 Å². The van der Waals surface area contributed by atoms with Gasteiger partial charge in [-0.25, -0.2) is 4.79 Å². The number of carbonyl (C=O) groups is 1. The molecule has 0 aliphatic rings. The first-order valence-electron chi connectivity index (χ1n) is 7.61. The van der Waals surface area contributed by atoms with Crippen LogP contribution in [0.2, 0.25) is 5.02 Å². The minimum Gasteiger partial charge on any atom is -0.462 e. The van der Waals surface area contributed by atoms with E-state index in [1.165, 1.54) is 24.3 Å². The number of esters is 1. The molecule has 0 fully saturated rings. The van der Waals surface area contributed by atoms with Gasteiger partial charge < -0.3 is 4.74 Å². The maximum absolute atomic E-state index is 12.2. The Kier molecular flexibility index (Phi) is 5.89. The summed E-state index contributed by atoms with van der Waals surface area (Å²) >= 11 is 6.26. The second-order valence-corrected chi connectivity index (χ2v) is 6.22. The van der Waals surface area contributed by atoms with Crippen molar-refractivity contribution in [1.82, 2.24) is 0 Å². The Bertz CT molecular complexity index is 849. The Labute approximate surface area is 153 Å². The minimum absolute atomic E-state index is 0.0164. The Balaban J connectivity index is 2.64. The van der Waals surface area contributed by atoms with Gasteiger partial charge in [0.05, 0.1) is 27.0 Å². The van der Waals surface area contributed by atoms with Crippen molar-refractivity contribution in [3.8, 4) is 11.1 Å². The molecule has 0 amide bonds. The Morgan fingerprint density at radius 3 is 2.12 bits per heavy atom. The number of hydrogen-bond acceptors (Lipinski definition) is 6. The third-order valence-corrected chi connectivity index (χ3v) is 3.86. The molecule has 9 heteroatoms. The molecule has 0 N–H and O–H groups in total. The molecule has 2 rings (SSSR count). The number of nitro benzene ring substituents is 2. The molecule has 0 saturated heterocycles. The number of ether oxygens (including phenoxy) is 1. The molecule has 0 unspecified atom stereocenters. The summed E-state index contributed by atoms with van der Waals surface area (Å²) in [5, 5.41) is 22.5. The van der Waals surface area contributed by atoms with Crippen molar-refractivity contribution in [2.45, 2.75) is 13.8 Å². The summed E-state index contributed by atoms with van der Waals surface area (Å²) in [5.74, 6) is -0.594. The monoisotopic (exact) mass is 378 g/mol.